The van der Waals surface area contributed by atoms with Crippen molar-refractivity contribution in [3.63, 3.8) is 0 Å². The molecule has 0 atom stereocenters. The lowest BCUT2D eigenvalue weighted by molar-refractivity contribution is -0.129. The van der Waals surface area contributed by atoms with Crippen LogP contribution in [0.15, 0.2) is 42.6 Å². The number of ether oxygens (including phenoxy) is 2. The molecule has 2 aromatic carbocycles. The Balaban J connectivity index is 1.98. The Morgan fingerprint density at radius 1 is 1.00 bits per heavy atom. The summed E-state index contributed by atoms with van der Waals surface area (Å²) in [6, 6.07) is 12.0. The molecule has 3 aromatic rings. The highest BCUT2D eigenvalue weighted by molar-refractivity contribution is 5.90. The van der Waals surface area contributed by atoms with Crippen LogP contribution in [-0.4, -0.2) is 37.2 Å². The van der Waals surface area contributed by atoms with Gasteiger partial charge in [-0.25, -0.2) is 4.79 Å². The number of rotatable bonds is 11. The van der Waals surface area contributed by atoms with Crippen LogP contribution in [0.3, 0.4) is 0 Å². The second-order valence-corrected chi connectivity index (χ2v) is 9.71. The Hall–Kier alpha value is -3.28. The number of carbonyl (C=O) groups excluding carboxylic acids is 2. The summed E-state index contributed by atoms with van der Waals surface area (Å²) in [5.41, 5.74) is 4.48. The average Bonchev–Trinajstić information content (AvgIpc) is 3.18. The first-order chi connectivity index (χ1) is 16.7. The van der Waals surface area contributed by atoms with Crippen molar-refractivity contribution in [3.8, 4) is 5.75 Å². The fourth-order valence-electron chi connectivity index (χ4n) is 4.50. The van der Waals surface area contributed by atoms with Gasteiger partial charge in [0.2, 0.25) is 5.91 Å². The third-order valence-electron chi connectivity index (χ3n) is 6.38. The van der Waals surface area contributed by atoms with Crippen LogP contribution in [0.5, 0.6) is 5.75 Å². The number of fused-ring (bicyclic) bond motifs is 1. The molecule has 6 heteroatoms. The number of aryl methyl sites for hydroxylation is 1. The van der Waals surface area contributed by atoms with Crippen molar-refractivity contribution in [2.75, 3.05) is 20.8 Å². The molecule has 0 aliphatic rings. The van der Waals surface area contributed by atoms with Gasteiger partial charge in [0.1, 0.15) is 5.75 Å². The summed E-state index contributed by atoms with van der Waals surface area (Å²) in [5.74, 6) is 0.359. The van der Waals surface area contributed by atoms with Crippen molar-refractivity contribution in [1.29, 1.82) is 0 Å². The Morgan fingerprint density at radius 2 is 1.77 bits per heavy atom. The van der Waals surface area contributed by atoms with E-state index < -0.39 is 5.41 Å². The smallest absolute Gasteiger partial charge is 0.337 e. The maximum atomic E-state index is 12.7. The van der Waals surface area contributed by atoms with E-state index in [9.17, 15) is 9.59 Å². The number of amides is 1. The van der Waals surface area contributed by atoms with Crippen molar-refractivity contribution >= 4 is 22.8 Å². The van der Waals surface area contributed by atoms with Crippen LogP contribution in [-0.2, 0) is 28.9 Å². The number of benzene rings is 2. The molecule has 1 N–H and O–H groups in total. The topological polar surface area (TPSA) is 69.6 Å². The Morgan fingerprint density at radius 3 is 2.43 bits per heavy atom. The number of hydrogen-bond donors (Lipinski definition) is 1. The molecular formula is C29H38N2O4. The molecule has 0 bridgehead atoms. The molecule has 0 aliphatic carbocycles. The van der Waals surface area contributed by atoms with E-state index >= 15 is 0 Å². The molecular weight excluding hydrogens is 440 g/mol. The van der Waals surface area contributed by atoms with Gasteiger partial charge in [-0.3, -0.25) is 4.79 Å². The summed E-state index contributed by atoms with van der Waals surface area (Å²) in [6.45, 7) is 9.85. The second-order valence-electron chi connectivity index (χ2n) is 9.71. The summed E-state index contributed by atoms with van der Waals surface area (Å²) < 4.78 is 12.7. The first kappa shape index (κ1) is 26.3. The van der Waals surface area contributed by atoms with Crippen molar-refractivity contribution in [1.82, 2.24) is 9.88 Å². The highest BCUT2D eigenvalue weighted by Crippen LogP contribution is 2.31. The van der Waals surface area contributed by atoms with Gasteiger partial charge in [0.05, 0.1) is 19.8 Å². The predicted molar refractivity (Wildman–Crippen MR) is 140 cm³/mol. The first-order valence-electron chi connectivity index (χ1n) is 12.4. The molecule has 0 saturated heterocycles. The van der Waals surface area contributed by atoms with E-state index in [4.69, 9.17) is 9.47 Å². The van der Waals surface area contributed by atoms with Gasteiger partial charge in [-0.1, -0.05) is 39.8 Å². The van der Waals surface area contributed by atoms with Crippen LogP contribution in [0.1, 0.15) is 67.6 Å². The number of aromatic nitrogens is 1. The quantitative estimate of drug-likeness (QED) is 0.368. The molecule has 6 nitrogen and oxygen atoms in total. The van der Waals surface area contributed by atoms with E-state index in [0.29, 0.717) is 30.7 Å². The molecule has 0 fully saturated rings. The first-order valence-corrected chi connectivity index (χ1v) is 12.4. The number of hydrogen-bond acceptors (Lipinski definition) is 4. The minimum atomic E-state index is -0.498. The lowest BCUT2D eigenvalue weighted by Crippen LogP contribution is -2.38. The number of carbonyl (C=O) groups is 2. The van der Waals surface area contributed by atoms with Gasteiger partial charge in [0.25, 0.3) is 0 Å². The molecule has 1 amide bonds. The largest absolute Gasteiger partial charge is 0.496 e. The standard InChI is InChI=1S/C29H38N2O4/c1-7-13-30-28(33)29(3,4)18-20-9-12-25-24(15-20)23(19-31(25)14-8-2)16-21-10-11-22(27(32)35-6)17-26(21)34-5/h9-12,15,17,19H,7-8,13-14,16,18H2,1-6H3,(H,30,33). The lowest BCUT2D eigenvalue weighted by Gasteiger charge is -2.23. The molecule has 0 radical (unpaired) electrons. The van der Waals surface area contributed by atoms with Gasteiger partial charge in [-0.2, -0.15) is 0 Å². The van der Waals surface area contributed by atoms with Crippen molar-refractivity contribution in [2.45, 2.75) is 59.9 Å². The van der Waals surface area contributed by atoms with Crippen LogP contribution in [0.4, 0.5) is 0 Å². The lowest BCUT2D eigenvalue weighted by atomic mass is 9.84. The number of nitrogens with one attached hydrogen (secondary N) is 1. The van der Waals surface area contributed by atoms with Crippen molar-refractivity contribution in [2.24, 2.45) is 5.41 Å². The van der Waals surface area contributed by atoms with Crippen molar-refractivity contribution in [3.05, 3.63) is 64.8 Å². The molecule has 0 unspecified atom stereocenters. The predicted octanol–water partition coefficient (Wildman–Crippen LogP) is 5.53. The zero-order chi connectivity index (χ0) is 25.6. The Bertz CT molecular complexity index is 1190. The van der Waals surface area contributed by atoms with Crippen LogP contribution in [0.2, 0.25) is 0 Å². The summed E-state index contributed by atoms with van der Waals surface area (Å²) >= 11 is 0. The van der Waals surface area contributed by atoms with Gasteiger partial charge >= 0.3 is 5.97 Å². The van der Waals surface area contributed by atoms with Crippen LogP contribution in [0, 0.1) is 5.41 Å². The average molecular weight is 479 g/mol. The maximum Gasteiger partial charge on any atom is 0.337 e. The SMILES string of the molecule is CCCNC(=O)C(C)(C)Cc1ccc2c(c1)c(Cc1ccc(C(=O)OC)cc1OC)cn2CCC. The van der Waals surface area contributed by atoms with Gasteiger partial charge in [0.15, 0.2) is 0 Å². The van der Waals surface area contributed by atoms with E-state index in [1.54, 1.807) is 19.2 Å². The number of esters is 1. The second kappa shape index (κ2) is 11.4. The van der Waals surface area contributed by atoms with Gasteiger partial charge < -0.3 is 19.4 Å². The minimum Gasteiger partial charge on any atom is -0.496 e. The van der Waals surface area contributed by atoms with E-state index in [0.717, 1.165) is 30.5 Å². The molecule has 0 aliphatic heterocycles. The number of methoxy groups -OCH3 is 2. The molecule has 1 aromatic heterocycles. The van der Waals surface area contributed by atoms with Gasteiger partial charge in [0, 0.05) is 42.0 Å². The van der Waals surface area contributed by atoms with E-state index in [2.05, 4.69) is 48.1 Å². The molecule has 3 rings (SSSR count). The summed E-state index contributed by atoms with van der Waals surface area (Å²) in [4.78, 5) is 24.6. The summed E-state index contributed by atoms with van der Waals surface area (Å²) in [6.07, 6.45) is 5.50. The fraction of sp³-hybridized carbons (Fsp3) is 0.448. The third kappa shape index (κ3) is 6.05. The highest BCUT2D eigenvalue weighted by atomic mass is 16.5. The Labute approximate surface area is 208 Å². The van der Waals surface area contributed by atoms with Crippen LogP contribution < -0.4 is 10.1 Å². The highest BCUT2D eigenvalue weighted by Gasteiger charge is 2.28. The van der Waals surface area contributed by atoms with Crippen molar-refractivity contribution < 1.29 is 19.1 Å². The van der Waals surface area contributed by atoms with Crippen LogP contribution >= 0.6 is 0 Å². The van der Waals surface area contributed by atoms with E-state index in [1.807, 2.05) is 19.9 Å². The molecule has 0 spiro atoms. The molecule has 188 valence electrons. The van der Waals surface area contributed by atoms with Gasteiger partial charge in [-0.15, -0.1) is 0 Å². The normalized spacial score (nSPS) is 11.5. The van der Waals surface area contributed by atoms with Crippen LogP contribution in [0.25, 0.3) is 10.9 Å². The molecule has 0 saturated carbocycles. The Kier molecular flexibility index (Phi) is 8.60. The summed E-state index contributed by atoms with van der Waals surface area (Å²) in [7, 11) is 2.99. The third-order valence-corrected chi connectivity index (χ3v) is 6.38. The zero-order valence-corrected chi connectivity index (χ0v) is 21.9. The zero-order valence-electron chi connectivity index (χ0n) is 21.9. The molecule has 35 heavy (non-hydrogen) atoms. The van der Waals surface area contributed by atoms with E-state index in [-0.39, 0.29) is 11.9 Å². The minimum absolute atomic E-state index is 0.0821. The monoisotopic (exact) mass is 478 g/mol. The maximum absolute atomic E-state index is 12.7. The fourth-order valence-corrected chi connectivity index (χ4v) is 4.50. The van der Waals surface area contributed by atoms with E-state index in [1.165, 1.54) is 23.6 Å². The molecule has 1 heterocycles. The van der Waals surface area contributed by atoms with Gasteiger partial charge in [-0.05, 0) is 60.2 Å². The number of nitrogens with zero attached hydrogens (tertiary/aromatic N) is 1. The summed E-state index contributed by atoms with van der Waals surface area (Å²) in [5, 5.41) is 4.21.